The lowest BCUT2D eigenvalue weighted by atomic mass is 10.1. The van der Waals surface area contributed by atoms with Gasteiger partial charge in [-0.05, 0) is 37.6 Å². The van der Waals surface area contributed by atoms with E-state index in [0.29, 0.717) is 31.0 Å². The molecule has 0 bridgehead atoms. The van der Waals surface area contributed by atoms with E-state index in [-0.39, 0.29) is 29.1 Å². The summed E-state index contributed by atoms with van der Waals surface area (Å²) in [4.78, 5) is 25.0. The van der Waals surface area contributed by atoms with Crippen molar-refractivity contribution in [3.8, 4) is 6.07 Å². The van der Waals surface area contributed by atoms with E-state index >= 15 is 0 Å². The molecule has 4 heterocycles. The number of anilines is 1. The molecular formula is C22H24N6O3S. The SMILES string of the molecule is Cc1cc(C#N)ncc1N1CCN(C(=O)CCS(=O)(=O)c2cccc3nccn23)[C@@H](C)C1. The van der Waals surface area contributed by atoms with Crippen molar-refractivity contribution in [2.24, 2.45) is 0 Å². The second-order valence-corrected chi connectivity index (χ2v) is 9.99. The lowest BCUT2D eigenvalue weighted by Crippen LogP contribution is -2.54. The number of nitrogens with zero attached hydrogens (tertiary/aromatic N) is 6. The molecule has 0 saturated carbocycles. The van der Waals surface area contributed by atoms with Crippen molar-refractivity contribution in [2.45, 2.75) is 31.3 Å². The Hall–Kier alpha value is -3.45. The molecule has 4 rings (SSSR count). The first-order chi connectivity index (χ1) is 15.3. The van der Waals surface area contributed by atoms with E-state index < -0.39 is 9.84 Å². The van der Waals surface area contributed by atoms with Gasteiger partial charge in [0.25, 0.3) is 0 Å². The van der Waals surface area contributed by atoms with Crippen molar-refractivity contribution in [3.63, 3.8) is 0 Å². The summed E-state index contributed by atoms with van der Waals surface area (Å²) < 4.78 is 27.3. The highest BCUT2D eigenvalue weighted by molar-refractivity contribution is 7.91. The predicted octanol–water partition coefficient (Wildman–Crippen LogP) is 1.81. The fraction of sp³-hybridized carbons (Fsp3) is 0.364. The smallest absolute Gasteiger partial charge is 0.223 e. The van der Waals surface area contributed by atoms with Gasteiger partial charge < -0.3 is 9.80 Å². The Kier molecular flexibility index (Phi) is 5.84. The van der Waals surface area contributed by atoms with Gasteiger partial charge in [-0.25, -0.2) is 18.4 Å². The van der Waals surface area contributed by atoms with E-state index in [1.165, 1.54) is 10.5 Å². The maximum absolute atomic E-state index is 12.9. The molecule has 1 fully saturated rings. The van der Waals surface area contributed by atoms with Crippen molar-refractivity contribution in [1.29, 1.82) is 5.26 Å². The number of piperazine rings is 1. The van der Waals surface area contributed by atoms with E-state index in [2.05, 4.69) is 14.9 Å². The van der Waals surface area contributed by atoms with E-state index in [9.17, 15) is 13.2 Å². The fourth-order valence-corrected chi connectivity index (χ4v) is 5.53. The van der Waals surface area contributed by atoms with E-state index in [1.807, 2.05) is 19.9 Å². The van der Waals surface area contributed by atoms with Crippen LogP contribution in [0.15, 0.2) is 47.9 Å². The molecule has 1 aliphatic heterocycles. The Morgan fingerprint density at radius 2 is 2.09 bits per heavy atom. The van der Waals surface area contributed by atoms with Crippen LogP contribution < -0.4 is 4.90 Å². The first-order valence-corrected chi connectivity index (χ1v) is 12.0. The van der Waals surface area contributed by atoms with Gasteiger partial charge in [-0.3, -0.25) is 9.20 Å². The van der Waals surface area contributed by atoms with E-state index in [4.69, 9.17) is 5.26 Å². The van der Waals surface area contributed by atoms with E-state index in [0.717, 1.165) is 11.3 Å². The molecule has 166 valence electrons. The van der Waals surface area contributed by atoms with Crippen LogP contribution in [0.25, 0.3) is 5.65 Å². The third kappa shape index (κ3) is 4.16. The molecule has 0 radical (unpaired) electrons. The number of sulfone groups is 1. The zero-order valence-corrected chi connectivity index (χ0v) is 18.8. The average Bonchev–Trinajstić information content (AvgIpc) is 3.26. The summed E-state index contributed by atoms with van der Waals surface area (Å²) in [6.45, 7) is 5.62. The van der Waals surface area contributed by atoms with Crippen LogP contribution in [0, 0.1) is 18.3 Å². The van der Waals surface area contributed by atoms with Gasteiger partial charge in [-0.2, -0.15) is 5.26 Å². The Morgan fingerprint density at radius 3 is 2.81 bits per heavy atom. The van der Waals surface area contributed by atoms with Crippen LogP contribution >= 0.6 is 0 Å². The second kappa shape index (κ2) is 8.59. The molecule has 3 aromatic heterocycles. The van der Waals surface area contributed by atoms with Crippen LogP contribution in [0.1, 0.15) is 24.6 Å². The Morgan fingerprint density at radius 1 is 1.28 bits per heavy atom. The first-order valence-electron chi connectivity index (χ1n) is 10.4. The number of carbonyl (C=O) groups excluding carboxylic acids is 1. The van der Waals surface area contributed by atoms with Crippen molar-refractivity contribution in [1.82, 2.24) is 19.3 Å². The van der Waals surface area contributed by atoms with Crippen LogP contribution in [0.5, 0.6) is 0 Å². The van der Waals surface area contributed by atoms with Gasteiger partial charge in [0.2, 0.25) is 5.91 Å². The molecular weight excluding hydrogens is 428 g/mol. The third-order valence-electron chi connectivity index (χ3n) is 5.78. The molecule has 0 spiro atoms. The predicted molar refractivity (Wildman–Crippen MR) is 119 cm³/mol. The van der Waals surface area contributed by atoms with Crippen molar-refractivity contribution < 1.29 is 13.2 Å². The molecule has 1 amide bonds. The molecule has 1 atom stereocenters. The number of hydrogen-bond acceptors (Lipinski definition) is 7. The molecule has 1 saturated heterocycles. The second-order valence-electron chi connectivity index (χ2n) is 7.94. The molecule has 9 nitrogen and oxygen atoms in total. The third-order valence-corrected chi connectivity index (χ3v) is 7.49. The highest BCUT2D eigenvalue weighted by atomic mass is 32.2. The quantitative estimate of drug-likeness (QED) is 0.580. The molecule has 32 heavy (non-hydrogen) atoms. The van der Waals surface area contributed by atoms with Crippen LogP contribution in [-0.2, 0) is 14.6 Å². The van der Waals surface area contributed by atoms with Crippen molar-refractivity contribution in [3.05, 3.63) is 54.1 Å². The maximum Gasteiger partial charge on any atom is 0.223 e. The monoisotopic (exact) mass is 452 g/mol. The number of aromatic nitrogens is 3. The molecule has 3 aromatic rings. The minimum absolute atomic E-state index is 0.0742. The first kappa shape index (κ1) is 21.8. The van der Waals surface area contributed by atoms with Gasteiger partial charge in [-0.1, -0.05) is 6.07 Å². The minimum atomic E-state index is -3.64. The number of nitriles is 1. The van der Waals surface area contributed by atoms with Crippen LogP contribution in [0.2, 0.25) is 0 Å². The largest absolute Gasteiger partial charge is 0.366 e. The Balaban J connectivity index is 1.41. The van der Waals surface area contributed by atoms with Crippen molar-refractivity contribution >= 4 is 27.1 Å². The molecule has 0 aliphatic carbocycles. The summed E-state index contributed by atoms with van der Waals surface area (Å²) in [6.07, 6.45) is 4.77. The number of aryl methyl sites for hydroxylation is 1. The number of rotatable bonds is 5. The summed E-state index contributed by atoms with van der Waals surface area (Å²) in [5.41, 5.74) is 2.83. The molecule has 0 N–H and O–H groups in total. The number of hydrogen-bond donors (Lipinski definition) is 0. The standard InChI is InChI=1S/C22H24N6O3S/c1-16-12-18(13-23)25-14-19(16)26-9-10-27(17(2)15-26)21(29)6-11-32(30,31)22-5-3-4-20-24-7-8-28(20)22/h3-5,7-8,12,14,17H,6,9-11,15H2,1-2H3/t17-/m0/s1. The number of carbonyl (C=O) groups is 1. The maximum atomic E-state index is 12.9. The topological polar surface area (TPSA) is 112 Å². The summed E-state index contributed by atoms with van der Waals surface area (Å²) in [6, 6.07) is 8.63. The summed E-state index contributed by atoms with van der Waals surface area (Å²) in [5.74, 6) is -0.428. The van der Waals surface area contributed by atoms with Crippen LogP contribution in [-0.4, -0.2) is 65.0 Å². The molecule has 1 aliphatic rings. The Labute approximate surface area is 186 Å². The van der Waals surface area contributed by atoms with Crippen LogP contribution in [0.3, 0.4) is 0 Å². The number of pyridine rings is 2. The van der Waals surface area contributed by atoms with E-state index in [1.54, 1.807) is 41.7 Å². The lowest BCUT2D eigenvalue weighted by Gasteiger charge is -2.41. The van der Waals surface area contributed by atoms with Gasteiger partial charge in [0.15, 0.2) is 9.84 Å². The van der Waals surface area contributed by atoms with Gasteiger partial charge in [-0.15, -0.1) is 0 Å². The highest BCUT2D eigenvalue weighted by Gasteiger charge is 2.29. The van der Waals surface area contributed by atoms with Gasteiger partial charge in [0.1, 0.15) is 22.4 Å². The number of amides is 1. The van der Waals surface area contributed by atoms with Crippen LogP contribution in [0.4, 0.5) is 5.69 Å². The summed E-state index contributed by atoms with van der Waals surface area (Å²) in [5, 5.41) is 9.15. The summed E-state index contributed by atoms with van der Waals surface area (Å²) >= 11 is 0. The highest BCUT2D eigenvalue weighted by Crippen LogP contribution is 2.23. The van der Waals surface area contributed by atoms with Gasteiger partial charge >= 0.3 is 0 Å². The van der Waals surface area contributed by atoms with Gasteiger partial charge in [0.05, 0.1) is 17.6 Å². The molecule has 0 aromatic carbocycles. The number of imidazole rings is 1. The molecule has 10 heteroatoms. The lowest BCUT2D eigenvalue weighted by molar-refractivity contribution is -0.133. The minimum Gasteiger partial charge on any atom is -0.366 e. The number of fused-ring (bicyclic) bond motifs is 1. The van der Waals surface area contributed by atoms with Crippen molar-refractivity contribution in [2.75, 3.05) is 30.3 Å². The zero-order valence-electron chi connectivity index (χ0n) is 18.0. The average molecular weight is 453 g/mol. The Bertz CT molecular complexity index is 1310. The fourth-order valence-electron chi connectivity index (χ4n) is 4.13. The molecule has 0 unspecified atom stereocenters. The normalized spacial score (nSPS) is 16.8. The summed E-state index contributed by atoms with van der Waals surface area (Å²) in [7, 11) is -3.64. The zero-order chi connectivity index (χ0) is 22.9. The van der Waals surface area contributed by atoms with Gasteiger partial charge in [0, 0.05) is 44.5 Å².